The van der Waals surface area contributed by atoms with Crippen LogP contribution in [-0.4, -0.2) is 14.5 Å². The zero-order valence-corrected chi connectivity index (χ0v) is 12.2. The molecule has 4 rings (SSSR count). The summed E-state index contributed by atoms with van der Waals surface area (Å²) in [5.74, 6) is 0. The monoisotopic (exact) mass is 300 g/mol. The third kappa shape index (κ3) is 2.04. The lowest BCUT2D eigenvalue weighted by atomic mass is 10.1. The van der Waals surface area contributed by atoms with Gasteiger partial charge in [0.05, 0.1) is 11.8 Å². The largest absolute Gasteiger partial charge is 0.387 e. The Hall–Kier alpha value is -1.69. The third-order valence-corrected chi connectivity index (χ3v) is 5.31. The summed E-state index contributed by atoms with van der Waals surface area (Å²) < 4.78 is 3.21. The number of aromatic nitrogens is 2. The average Bonchev–Trinajstić information content (AvgIpc) is 3.10. The van der Waals surface area contributed by atoms with Crippen molar-refractivity contribution >= 4 is 37.7 Å². The molecule has 100 valence electrons. The molecule has 0 saturated carbocycles. The van der Waals surface area contributed by atoms with Gasteiger partial charge in [-0.1, -0.05) is 18.2 Å². The summed E-state index contributed by atoms with van der Waals surface area (Å²) in [6.07, 6.45) is 4.04. The molecule has 3 heterocycles. The van der Waals surface area contributed by atoms with Gasteiger partial charge in [-0.2, -0.15) is 0 Å². The highest BCUT2D eigenvalue weighted by molar-refractivity contribution is 7.19. The van der Waals surface area contributed by atoms with Crippen molar-refractivity contribution in [2.45, 2.75) is 12.5 Å². The first-order valence-corrected chi connectivity index (χ1v) is 8.07. The van der Waals surface area contributed by atoms with Crippen molar-refractivity contribution < 1.29 is 5.11 Å². The first-order chi connectivity index (χ1) is 9.79. The molecule has 0 spiro atoms. The van der Waals surface area contributed by atoms with Crippen LogP contribution in [0.3, 0.4) is 0 Å². The zero-order valence-electron chi connectivity index (χ0n) is 10.6. The van der Waals surface area contributed by atoms with Crippen molar-refractivity contribution in [2.24, 2.45) is 0 Å². The lowest BCUT2D eigenvalue weighted by Gasteiger charge is -2.05. The van der Waals surface area contributed by atoms with Gasteiger partial charge in [0.15, 0.2) is 4.96 Å². The summed E-state index contributed by atoms with van der Waals surface area (Å²) in [6, 6.07) is 10.3. The molecular weight excluding hydrogens is 288 g/mol. The highest BCUT2D eigenvalue weighted by Gasteiger charge is 2.14. The molecule has 0 fully saturated rings. The zero-order chi connectivity index (χ0) is 13.5. The van der Waals surface area contributed by atoms with E-state index in [2.05, 4.69) is 23.2 Å². The summed E-state index contributed by atoms with van der Waals surface area (Å²) in [6.45, 7) is 0. The fraction of sp³-hybridized carbons (Fsp3) is 0.133. The van der Waals surface area contributed by atoms with Crippen LogP contribution in [0, 0.1) is 0 Å². The summed E-state index contributed by atoms with van der Waals surface area (Å²) in [5.41, 5.74) is 0.932. The van der Waals surface area contributed by atoms with Crippen LogP contribution in [0.1, 0.15) is 16.7 Å². The number of aliphatic hydroxyl groups is 1. The Balaban J connectivity index is 1.62. The predicted molar refractivity (Wildman–Crippen MR) is 83.6 cm³/mol. The van der Waals surface area contributed by atoms with Crippen LogP contribution in [0.4, 0.5) is 0 Å². The molecular formula is C15H12N2OS2. The molecule has 1 aromatic carbocycles. The Bertz CT molecular complexity index is 813. The molecule has 3 nitrogen and oxygen atoms in total. The van der Waals surface area contributed by atoms with Crippen LogP contribution in [0.15, 0.2) is 48.1 Å². The second kappa shape index (κ2) is 4.70. The minimum Gasteiger partial charge on any atom is -0.387 e. The summed E-state index contributed by atoms with van der Waals surface area (Å²) >= 11 is 3.26. The quantitative estimate of drug-likeness (QED) is 0.623. The Morgan fingerprint density at radius 2 is 2.20 bits per heavy atom. The van der Waals surface area contributed by atoms with Gasteiger partial charge >= 0.3 is 0 Å². The minimum absolute atomic E-state index is 0.489. The molecule has 0 aliphatic carbocycles. The van der Waals surface area contributed by atoms with Gasteiger partial charge in [0, 0.05) is 33.8 Å². The smallest absolute Gasteiger partial charge is 0.193 e. The van der Waals surface area contributed by atoms with Gasteiger partial charge in [-0.05, 0) is 17.5 Å². The maximum absolute atomic E-state index is 10.4. The molecule has 4 aromatic rings. The number of rotatable bonds is 3. The number of nitrogens with zero attached hydrogens (tertiary/aromatic N) is 2. The topological polar surface area (TPSA) is 37.5 Å². The minimum atomic E-state index is -0.489. The average molecular weight is 300 g/mol. The number of hydrogen-bond donors (Lipinski definition) is 1. The van der Waals surface area contributed by atoms with Crippen LogP contribution in [-0.2, 0) is 6.42 Å². The molecule has 3 aromatic heterocycles. The Morgan fingerprint density at radius 1 is 1.30 bits per heavy atom. The van der Waals surface area contributed by atoms with Crippen molar-refractivity contribution in [3.05, 3.63) is 58.7 Å². The molecule has 0 aliphatic heterocycles. The third-order valence-electron chi connectivity index (χ3n) is 3.32. The van der Waals surface area contributed by atoms with Crippen molar-refractivity contribution in [1.29, 1.82) is 0 Å². The van der Waals surface area contributed by atoms with E-state index < -0.39 is 6.10 Å². The Kier molecular flexibility index (Phi) is 2.84. The SMILES string of the molecule is OC(Cc1cn2ccsc2n1)c1cc2ccccc2s1. The molecule has 0 aliphatic rings. The molecule has 1 N–H and O–H groups in total. The van der Waals surface area contributed by atoms with Crippen LogP contribution in [0.25, 0.3) is 15.0 Å². The van der Waals surface area contributed by atoms with E-state index >= 15 is 0 Å². The van der Waals surface area contributed by atoms with Crippen molar-refractivity contribution in [2.75, 3.05) is 0 Å². The van der Waals surface area contributed by atoms with E-state index in [1.54, 1.807) is 22.7 Å². The molecule has 0 amide bonds. The van der Waals surface area contributed by atoms with E-state index in [1.165, 1.54) is 10.1 Å². The molecule has 20 heavy (non-hydrogen) atoms. The molecule has 0 saturated heterocycles. The van der Waals surface area contributed by atoms with E-state index in [0.717, 1.165) is 15.5 Å². The van der Waals surface area contributed by atoms with Crippen molar-refractivity contribution in [3.8, 4) is 0 Å². The molecule has 1 atom stereocenters. The van der Waals surface area contributed by atoms with Crippen LogP contribution < -0.4 is 0 Å². The fourth-order valence-corrected chi connectivity index (χ4v) is 4.11. The molecule has 0 bridgehead atoms. The van der Waals surface area contributed by atoms with E-state index in [1.807, 2.05) is 34.3 Å². The number of hydrogen-bond acceptors (Lipinski definition) is 4. The maximum atomic E-state index is 10.4. The first kappa shape index (κ1) is 12.1. The van der Waals surface area contributed by atoms with Gasteiger partial charge in [0.1, 0.15) is 0 Å². The second-order valence-electron chi connectivity index (χ2n) is 4.73. The predicted octanol–water partition coefficient (Wildman–Crippen LogP) is 3.89. The van der Waals surface area contributed by atoms with Gasteiger partial charge in [-0.15, -0.1) is 22.7 Å². The molecule has 5 heteroatoms. The number of thiophene rings is 1. The maximum Gasteiger partial charge on any atom is 0.193 e. The number of aliphatic hydroxyl groups excluding tert-OH is 1. The van der Waals surface area contributed by atoms with Gasteiger partial charge in [0.25, 0.3) is 0 Å². The van der Waals surface area contributed by atoms with E-state index in [0.29, 0.717) is 6.42 Å². The van der Waals surface area contributed by atoms with Crippen molar-refractivity contribution in [1.82, 2.24) is 9.38 Å². The lowest BCUT2D eigenvalue weighted by molar-refractivity contribution is 0.181. The number of thiazole rings is 1. The molecule has 0 radical (unpaired) electrons. The summed E-state index contributed by atoms with van der Waals surface area (Å²) in [4.78, 5) is 6.50. The van der Waals surface area contributed by atoms with Crippen LogP contribution in [0.5, 0.6) is 0 Å². The normalized spacial score (nSPS) is 13.2. The summed E-state index contributed by atoms with van der Waals surface area (Å²) in [5, 5.41) is 13.6. The van der Waals surface area contributed by atoms with Crippen LogP contribution >= 0.6 is 22.7 Å². The van der Waals surface area contributed by atoms with Gasteiger partial charge in [0.2, 0.25) is 0 Å². The van der Waals surface area contributed by atoms with Gasteiger partial charge in [-0.3, -0.25) is 4.40 Å². The van der Waals surface area contributed by atoms with E-state index in [-0.39, 0.29) is 0 Å². The Labute approximate surface area is 123 Å². The number of benzene rings is 1. The lowest BCUT2D eigenvalue weighted by Crippen LogP contribution is -1.99. The highest BCUT2D eigenvalue weighted by atomic mass is 32.1. The Morgan fingerprint density at radius 3 is 3.05 bits per heavy atom. The van der Waals surface area contributed by atoms with E-state index in [4.69, 9.17) is 0 Å². The molecule has 1 unspecified atom stereocenters. The highest BCUT2D eigenvalue weighted by Crippen LogP contribution is 2.31. The first-order valence-electron chi connectivity index (χ1n) is 6.37. The van der Waals surface area contributed by atoms with Gasteiger partial charge < -0.3 is 5.11 Å². The summed E-state index contributed by atoms with van der Waals surface area (Å²) in [7, 11) is 0. The second-order valence-corrected chi connectivity index (χ2v) is 6.72. The number of imidazole rings is 1. The standard InChI is InChI=1S/C15H12N2OS2/c18-12(8-11-9-17-5-6-19-15(17)16-11)14-7-10-3-1-2-4-13(10)20-14/h1-7,9,12,18H,8H2. The van der Waals surface area contributed by atoms with Crippen LogP contribution in [0.2, 0.25) is 0 Å². The van der Waals surface area contributed by atoms with E-state index in [9.17, 15) is 5.11 Å². The van der Waals surface area contributed by atoms with Gasteiger partial charge in [-0.25, -0.2) is 4.98 Å². The van der Waals surface area contributed by atoms with Crippen molar-refractivity contribution in [3.63, 3.8) is 0 Å². The fourth-order valence-electron chi connectivity index (χ4n) is 2.34. The number of fused-ring (bicyclic) bond motifs is 2.